The third-order valence-electron chi connectivity index (χ3n) is 3.87. The predicted molar refractivity (Wildman–Crippen MR) is 102 cm³/mol. The van der Waals surface area contributed by atoms with Crippen molar-refractivity contribution in [2.45, 2.75) is 53.2 Å². The van der Waals surface area contributed by atoms with Gasteiger partial charge in [0, 0.05) is 17.5 Å². The molecule has 3 N–H and O–H groups in total. The summed E-state index contributed by atoms with van der Waals surface area (Å²) in [5, 5.41) is 20.4. The van der Waals surface area contributed by atoms with Gasteiger partial charge in [-0.2, -0.15) is 0 Å². The summed E-state index contributed by atoms with van der Waals surface area (Å²) in [6, 6.07) is 1.88. The van der Waals surface area contributed by atoms with E-state index in [1.807, 2.05) is 32.2 Å². The third kappa shape index (κ3) is 5.31. The molecular weight excluding hydrogens is 336 g/mol. The Balaban J connectivity index is 2.02. The van der Waals surface area contributed by atoms with E-state index in [1.54, 1.807) is 18.3 Å². The summed E-state index contributed by atoms with van der Waals surface area (Å²) in [4.78, 5) is 9.09. The SMILES string of the molecule is CCNC(=NCc1csc(CC)n1)NCC(C)(O)c1cc(C)oc1C. The van der Waals surface area contributed by atoms with Crippen molar-refractivity contribution in [3.8, 4) is 0 Å². The van der Waals surface area contributed by atoms with Crippen LogP contribution in [0.3, 0.4) is 0 Å². The average Bonchev–Trinajstić information content (AvgIpc) is 3.16. The van der Waals surface area contributed by atoms with Gasteiger partial charge in [0.1, 0.15) is 17.1 Å². The minimum absolute atomic E-state index is 0.329. The van der Waals surface area contributed by atoms with Gasteiger partial charge >= 0.3 is 0 Å². The Morgan fingerprint density at radius 2 is 2.12 bits per heavy atom. The molecule has 6 nitrogen and oxygen atoms in total. The summed E-state index contributed by atoms with van der Waals surface area (Å²) in [5.74, 6) is 2.19. The monoisotopic (exact) mass is 364 g/mol. The zero-order valence-electron chi connectivity index (χ0n) is 15.6. The average molecular weight is 365 g/mol. The predicted octanol–water partition coefficient (Wildman–Crippen LogP) is 2.88. The second kappa shape index (κ2) is 8.49. The number of nitrogens with one attached hydrogen (secondary N) is 2. The zero-order valence-corrected chi connectivity index (χ0v) is 16.5. The molecule has 7 heteroatoms. The summed E-state index contributed by atoms with van der Waals surface area (Å²) in [5.41, 5.74) is 0.709. The van der Waals surface area contributed by atoms with E-state index in [2.05, 4.69) is 27.5 Å². The van der Waals surface area contributed by atoms with Crippen molar-refractivity contribution in [2.24, 2.45) is 4.99 Å². The number of aliphatic hydroxyl groups is 1. The van der Waals surface area contributed by atoms with Gasteiger partial charge in [0.25, 0.3) is 0 Å². The van der Waals surface area contributed by atoms with Crippen LogP contribution in [0.15, 0.2) is 20.9 Å². The lowest BCUT2D eigenvalue weighted by atomic mass is 9.96. The first-order valence-electron chi connectivity index (χ1n) is 8.61. The van der Waals surface area contributed by atoms with Crippen molar-refractivity contribution in [1.82, 2.24) is 15.6 Å². The maximum Gasteiger partial charge on any atom is 0.191 e. The highest BCUT2D eigenvalue weighted by atomic mass is 32.1. The molecule has 0 aromatic carbocycles. The van der Waals surface area contributed by atoms with Crippen LogP contribution in [-0.4, -0.2) is 29.1 Å². The first-order chi connectivity index (χ1) is 11.9. The number of hydrogen-bond donors (Lipinski definition) is 3. The molecule has 1 atom stereocenters. The molecule has 2 aromatic heterocycles. The van der Waals surface area contributed by atoms with Gasteiger partial charge in [0.2, 0.25) is 0 Å². The van der Waals surface area contributed by atoms with Crippen molar-refractivity contribution < 1.29 is 9.52 Å². The van der Waals surface area contributed by atoms with E-state index in [0.29, 0.717) is 19.0 Å². The number of hydrogen-bond acceptors (Lipinski definition) is 5. The van der Waals surface area contributed by atoms with Crippen LogP contribution < -0.4 is 10.6 Å². The van der Waals surface area contributed by atoms with E-state index in [0.717, 1.165) is 40.8 Å². The van der Waals surface area contributed by atoms with Crippen molar-refractivity contribution in [3.05, 3.63) is 39.2 Å². The lowest BCUT2D eigenvalue weighted by Gasteiger charge is -2.24. The van der Waals surface area contributed by atoms with Crippen LogP contribution in [0.4, 0.5) is 0 Å². The number of furan rings is 1. The van der Waals surface area contributed by atoms with Gasteiger partial charge in [-0.15, -0.1) is 11.3 Å². The molecule has 0 fully saturated rings. The number of guanidine groups is 1. The van der Waals surface area contributed by atoms with Crippen molar-refractivity contribution in [1.29, 1.82) is 0 Å². The van der Waals surface area contributed by atoms with Crippen LogP contribution in [0.2, 0.25) is 0 Å². The largest absolute Gasteiger partial charge is 0.466 e. The van der Waals surface area contributed by atoms with Crippen molar-refractivity contribution in [3.63, 3.8) is 0 Å². The Bertz CT molecular complexity index is 718. The molecule has 0 spiro atoms. The number of aryl methyl sites for hydroxylation is 3. The quantitative estimate of drug-likeness (QED) is 0.520. The van der Waals surface area contributed by atoms with Crippen LogP contribution in [-0.2, 0) is 18.6 Å². The van der Waals surface area contributed by atoms with E-state index >= 15 is 0 Å². The Hall–Kier alpha value is -1.86. The van der Waals surface area contributed by atoms with Gasteiger partial charge in [-0.25, -0.2) is 9.98 Å². The molecule has 2 aromatic rings. The molecule has 0 amide bonds. The Kier molecular flexibility index (Phi) is 6.61. The number of thiazole rings is 1. The second-order valence-corrected chi connectivity index (χ2v) is 7.18. The van der Waals surface area contributed by atoms with Crippen LogP contribution in [0.1, 0.15) is 48.6 Å². The molecule has 2 rings (SSSR count). The fourth-order valence-electron chi connectivity index (χ4n) is 2.60. The van der Waals surface area contributed by atoms with Crippen LogP contribution in [0.5, 0.6) is 0 Å². The molecule has 25 heavy (non-hydrogen) atoms. The first-order valence-corrected chi connectivity index (χ1v) is 9.49. The van der Waals surface area contributed by atoms with Gasteiger partial charge < -0.3 is 20.2 Å². The van der Waals surface area contributed by atoms with E-state index < -0.39 is 5.60 Å². The van der Waals surface area contributed by atoms with E-state index in [4.69, 9.17) is 4.42 Å². The summed E-state index contributed by atoms with van der Waals surface area (Å²) < 4.78 is 5.53. The van der Waals surface area contributed by atoms with Crippen LogP contribution >= 0.6 is 11.3 Å². The molecule has 0 aliphatic heterocycles. The molecule has 0 saturated carbocycles. The third-order valence-corrected chi connectivity index (χ3v) is 4.91. The zero-order chi connectivity index (χ0) is 18.4. The Morgan fingerprint density at radius 1 is 1.36 bits per heavy atom. The minimum atomic E-state index is -1.05. The Morgan fingerprint density at radius 3 is 2.68 bits per heavy atom. The summed E-state index contributed by atoms with van der Waals surface area (Å²) in [6.07, 6.45) is 0.943. The summed E-state index contributed by atoms with van der Waals surface area (Å²) in [6.45, 7) is 11.2. The number of rotatable bonds is 7. The molecule has 0 radical (unpaired) electrons. The summed E-state index contributed by atoms with van der Waals surface area (Å²) in [7, 11) is 0. The van der Waals surface area contributed by atoms with Gasteiger partial charge in [-0.05, 0) is 40.2 Å². The van der Waals surface area contributed by atoms with Crippen molar-refractivity contribution >= 4 is 17.3 Å². The molecule has 1 unspecified atom stereocenters. The molecule has 138 valence electrons. The molecular formula is C18H28N4O2S. The van der Waals surface area contributed by atoms with Crippen molar-refractivity contribution in [2.75, 3.05) is 13.1 Å². The van der Waals surface area contributed by atoms with Gasteiger partial charge in [-0.1, -0.05) is 6.92 Å². The topological polar surface area (TPSA) is 82.7 Å². The van der Waals surface area contributed by atoms with Gasteiger partial charge in [0.05, 0.1) is 23.8 Å². The maximum atomic E-state index is 10.8. The van der Waals surface area contributed by atoms with Gasteiger partial charge in [-0.3, -0.25) is 0 Å². The number of aromatic nitrogens is 1. The standard InChI is InChI=1S/C18H28N4O2S/c1-6-16-22-14(10-25-16)9-20-17(19-7-2)21-11-18(5,23)15-8-12(3)24-13(15)4/h8,10,23H,6-7,9,11H2,1-5H3,(H2,19,20,21). The summed E-state index contributed by atoms with van der Waals surface area (Å²) >= 11 is 1.66. The maximum absolute atomic E-state index is 10.8. The van der Waals surface area contributed by atoms with E-state index in [9.17, 15) is 5.11 Å². The lowest BCUT2D eigenvalue weighted by molar-refractivity contribution is 0.0601. The lowest BCUT2D eigenvalue weighted by Crippen LogP contribution is -2.44. The van der Waals surface area contributed by atoms with Crippen LogP contribution in [0.25, 0.3) is 0 Å². The first kappa shape index (κ1) is 19.5. The highest BCUT2D eigenvalue weighted by Crippen LogP contribution is 2.26. The fraction of sp³-hybridized carbons (Fsp3) is 0.556. The minimum Gasteiger partial charge on any atom is -0.466 e. The molecule has 0 saturated heterocycles. The molecule has 0 bridgehead atoms. The second-order valence-electron chi connectivity index (χ2n) is 6.24. The van der Waals surface area contributed by atoms with Crippen LogP contribution in [0, 0.1) is 13.8 Å². The Labute approximate surface area is 153 Å². The number of nitrogens with zero attached hydrogens (tertiary/aromatic N) is 2. The molecule has 2 heterocycles. The fourth-order valence-corrected chi connectivity index (χ4v) is 3.34. The van der Waals surface area contributed by atoms with E-state index in [1.165, 1.54) is 0 Å². The van der Waals surface area contributed by atoms with Gasteiger partial charge in [0.15, 0.2) is 5.96 Å². The highest BCUT2D eigenvalue weighted by Gasteiger charge is 2.27. The normalized spacial score (nSPS) is 14.4. The highest BCUT2D eigenvalue weighted by molar-refractivity contribution is 7.09. The van der Waals surface area contributed by atoms with E-state index in [-0.39, 0.29) is 0 Å². The molecule has 0 aliphatic carbocycles. The smallest absolute Gasteiger partial charge is 0.191 e. The molecule has 0 aliphatic rings. The number of aliphatic imine (C=N–C) groups is 1.